The van der Waals surface area contributed by atoms with E-state index >= 15 is 0 Å². The van der Waals surface area contributed by atoms with Gasteiger partial charge in [0, 0.05) is 6.54 Å². The summed E-state index contributed by atoms with van der Waals surface area (Å²) >= 11 is 0. The normalized spacial score (nSPS) is 10.1. The molecule has 0 radical (unpaired) electrons. The lowest BCUT2D eigenvalue weighted by molar-refractivity contribution is -0.139. The molecule has 5 nitrogen and oxygen atoms in total. The minimum absolute atomic E-state index is 0.212. The lowest BCUT2D eigenvalue weighted by Crippen LogP contribution is -2.39. The van der Waals surface area contributed by atoms with E-state index in [2.05, 4.69) is 10.6 Å². The van der Waals surface area contributed by atoms with Gasteiger partial charge in [-0.25, -0.2) is 0 Å². The third-order valence-electron chi connectivity index (χ3n) is 2.98. The Morgan fingerprint density at radius 3 is 2.43 bits per heavy atom. The van der Waals surface area contributed by atoms with Gasteiger partial charge in [-0.1, -0.05) is 30.3 Å². The van der Waals surface area contributed by atoms with Crippen LogP contribution in [0.5, 0.6) is 0 Å². The molecule has 0 unspecified atom stereocenters. The van der Waals surface area contributed by atoms with Gasteiger partial charge in [0.25, 0.3) is 0 Å². The number of furan rings is 1. The van der Waals surface area contributed by atoms with Crippen LogP contribution in [0.25, 0.3) is 0 Å². The maximum absolute atomic E-state index is 11.6. The zero-order valence-corrected chi connectivity index (χ0v) is 11.7. The Morgan fingerprint density at radius 2 is 1.71 bits per heavy atom. The molecular formula is C16H18N2O3. The highest BCUT2D eigenvalue weighted by Crippen LogP contribution is 2.01. The number of carbonyl (C=O) groups excluding carboxylic acids is 2. The number of nitrogens with one attached hydrogen (secondary N) is 2. The van der Waals surface area contributed by atoms with E-state index in [0.29, 0.717) is 12.3 Å². The van der Waals surface area contributed by atoms with Crippen LogP contribution in [0.2, 0.25) is 0 Å². The summed E-state index contributed by atoms with van der Waals surface area (Å²) < 4.78 is 5.06. The van der Waals surface area contributed by atoms with E-state index in [1.807, 2.05) is 30.3 Å². The quantitative estimate of drug-likeness (QED) is 0.626. The van der Waals surface area contributed by atoms with E-state index in [4.69, 9.17) is 4.42 Å². The lowest BCUT2D eigenvalue weighted by Gasteiger charge is -2.05. The molecule has 1 aromatic carbocycles. The van der Waals surface area contributed by atoms with Crippen molar-refractivity contribution < 1.29 is 14.0 Å². The number of carbonyl (C=O) groups is 2. The monoisotopic (exact) mass is 286 g/mol. The number of amides is 2. The first-order valence-electron chi connectivity index (χ1n) is 6.88. The maximum atomic E-state index is 11.6. The molecule has 1 aromatic heterocycles. The van der Waals surface area contributed by atoms with Gasteiger partial charge in [0.05, 0.1) is 12.8 Å². The Morgan fingerprint density at radius 1 is 0.952 bits per heavy atom. The first kappa shape index (κ1) is 14.8. The van der Waals surface area contributed by atoms with Crippen LogP contribution in [-0.4, -0.2) is 18.4 Å². The van der Waals surface area contributed by atoms with Crippen molar-refractivity contribution in [2.24, 2.45) is 0 Å². The summed E-state index contributed by atoms with van der Waals surface area (Å²) in [5.41, 5.74) is 1.22. The first-order chi connectivity index (χ1) is 10.3. The van der Waals surface area contributed by atoms with Crippen molar-refractivity contribution in [3.63, 3.8) is 0 Å². The van der Waals surface area contributed by atoms with E-state index < -0.39 is 11.8 Å². The van der Waals surface area contributed by atoms with Gasteiger partial charge >= 0.3 is 11.8 Å². The molecule has 0 fully saturated rings. The third kappa shape index (κ3) is 5.14. The highest BCUT2D eigenvalue weighted by Gasteiger charge is 2.12. The van der Waals surface area contributed by atoms with E-state index in [9.17, 15) is 9.59 Å². The molecule has 0 atom stereocenters. The third-order valence-corrected chi connectivity index (χ3v) is 2.98. The summed E-state index contributed by atoms with van der Waals surface area (Å²) in [6, 6.07) is 13.5. The zero-order valence-electron chi connectivity index (χ0n) is 11.7. The molecule has 1 heterocycles. The van der Waals surface area contributed by atoms with Gasteiger partial charge < -0.3 is 15.1 Å². The van der Waals surface area contributed by atoms with E-state index in [-0.39, 0.29) is 6.54 Å². The highest BCUT2D eigenvalue weighted by molar-refractivity contribution is 6.35. The van der Waals surface area contributed by atoms with Gasteiger partial charge in [0.15, 0.2) is 0 Å². The fourth-order valence-corrected chi connectivity index (χ4v) is 1.88. The standard InChI is InChI=1S/C16H18N2O3/c19-15(16(20)18-12-14-9-5-11-21-14)17-10-4-8-13-6-2-1-3-7-13/h1-3,5-7,9,11H,4,8,10,12H2,(H,17,19)(H,18,20). The molecule has 5 heteroatoms. The molecule has 2 N–H and O–H groups in total. The number of hydrogen-bond donors (Lipinski definition) is 2. The zero-order chi connectivity index (χ0) is 14.9. The lowest BCUT2D eigenvalue weighted by atomic mass is 10.1. The van der Waals surface area contributed by atoms with Crippen molar-refractivity contribution in [1.29, 1.82) is 0 Å². The largest absolute Gasteiger partial charge is 0.467 e. The van der Waals surface area contributed by atoms with Crippen LogP contribution in [0, 0.1) is 0 Å². The molecule has 0 aliphatic heterocycles. The van der Waals surface area contributed by atoms with Crippen LogP contribution in [0.4, 0.5) is 0 Å². The molecular weight excluding hydrogens is 268 g/mol. The number of rotatable bonds is 6. The van der Waals surface area contributed by atoms with Crippen molar-refractivity contribution >= 4 is 11.8 Å². The van der Waals surface area contributed by atoms with Gasteiger partial charge in [-0.2, -0.15) is 0 Å². The van der Waals surface area contributed by atoms with E-state index in [1.165, 1.54) is 11.8 Å². The van der Waals surface area contributed by atoms with Gasteiger partial charge in [0.2, 0.25) is 0 Å². The Balaban J connectivity index is 1.61. The Labute approximate surface area is 123 Å². The van der Waals surface area contributed by atoms with E-state index in [0.717, 1.165) is 12.8 Å². The van der Waals surface area contributed by atoms with Crippen LogP contribution in [0.3, 0.4) is 0 Å². The Kier molecular flexibility index (Phi) is 5.58. The molecule has 110 valence electrons. The number of benzene rings is 1. The van der Waals surface area contributed by atoms with Crippen LogP contribution >= 0.6 is 0 Å². The van der Waals surface area contributed by atoms with Gasteiger partial charge in [0.1, 0.15) is 5.76 Å². The smallest absolute Gasteiger partial charge is 0.309 e. The van der Waals surface area contributed by atoms with Crippen LogP contribution < -0.4 is 10.6 Å². The molecule has 0 saturated heterocycles. The highest BCUT2D eigenvalue weighted by atomic mass is 16.3. The van der Waals surface area contributed by atoms with Crippen molar-refractivity contribution in [1.82, 2.24) is 10.6 Å². The van der Waals surface area contributed by atoms with Crippen LogP contribution in [0.1, 0.15) is 17.7 Å². The van der Waals surface area contributed by atoms with E-state index in [1.54, 1.807) is 12.1 Å². The molecule has 0 aliphatic rings. The van der Waals surface area contributed by atoms with Crippen molar-refractivity contribution in [2.75, 3.05) is 6.54 Å². The van der Waals surface area contributed by atoms with Crippen molar-refractivity contribution in [2.45, 2.75) is 19.4 Å². The van der Waals surface area contributed by atoms with Crippen LogP contribution in [-0.2, 0) is 22.6 Å². The minimum Gasteiger partial charge on any atom is -0.467 e. The number of hydrogen-bond acceptors (Lipinski definition) is 3. The number of aryl methyl sites for hydroxylation is 1. The molecule has 0 bridgehead atoms. The van der Waals surface area contributed by atoms with Gasteiger partial charge in [-0.3, -0.25) is 9.59 Å². The summed E-state index contributed by atoms with van der Waals surface area (Å²) in [5, 5.41) is 5.10. The summed E-state index contributed by atoms with van der Waals surface area (Å²) in [4.78, 5) is 23.1. The molecule has 0 spiro atoms. The molecule has 2 aromatic rings. The predicted octanol–water partition coefficient (Wildman–Crippen LogP) is 1.64. The summed E-state index contributed by atoms with van der Waals surface area (Å²) in [7, 11) is 0. The summed E-state index contributed by atoms with van der Waals surface area (Å²) in [6.07, 6.45) is 3.18. The average molecular weight is 286 g/mol. The topological polar surface area (TPSA) is 71.3 Å². The summed E-state index contributed by atoms with van der Waals surface area (Å²) in [6.45, 7) is 0.686. The molecule has 0 saturated carbocycles. The molecule has 2 amide bonds. The minimum atomic E-state index is -0.647. The maximum Gasteiger partial charge on any atom is 0.309 e. The predicted molar refractivity (Wildman–Crippen MR) is 78.3 cm³/mol. The second-order valence-electron chi connectivity index (χ2n) is 4.61. The van der Waals surface area contributed by atoms with Crippen LogP contribution in [0.15, 0.2) is 53.1 Å². The Hall–Kier alpha value is -2.56. The fraction of sp³-hybridized carbons (Fsp3) is 0.250. The molecule has 0 aliphatic carbocycles. The molecule has 21 heavy (non-hydrogen) atoms. The SMILES string of the molecule is O=C(NCCCc1ccccc1)C(=O)NCc1ccco1. The Bertz CT molecular complexity index is 564. The molecule has 2 rings (SSSR count). The average Bonchev–Trinajstić information content (AvgIpc) is 3.03. The second kappa shape index (κ2) is 7.89. The van der Waals surface area contributed by atoms with Crippen molar-refractivity contribution in [3.8, 4) is 0 Å². The summed E-state index contributed by atoms with van der Waals surface area (Å²) in [5.74, 6) is -0.652. The van der Waals surface area contributed by atoms with Gasteiger partial charge in [-0.05, 0) is 30.5 Å². The first-order valence-corrected chi connectivity index (χ1v) is 6.88. The second-order valence-corrected chi connectivity index (χ2v) is 4.61. The van der Waals surface area contributed by atoms with Gasteiger partial charge in [-0.15, -0.1) is 0 Å². The fourth-order valence-electron chi connectivity index (χ4n) is 1.88. The van der Waals surface area contributed by atoms with Crippen molar-refractivity contribution in [3.05, 3.63) is 60.1 Å².